The highest BCUT2D eigenvalue weighted by Gasteiger charge is 2.38. The van der Waals surface area contributed by atoms with Gasteiger partial charge in [0.1, 0.15) is 22.5 Å². The third-order valence-electron chi connectivity index (χ3n) is 5.58. The molecule has 2 aromatic carbocycles. The Labute approximate surface area is 192 Å². The number of anilines is 1. The maximum absolute atomic E-state index is 13.0. The first-order valence-corrected chi connectivity index (χ1v) is 10.2. The number of primary amides is 1. The fourth-order valence-electron chi connectivity index (χ4n) is 4.12. The minimum Gasteiger partial charge on any atom is -0.497 e. The van der Waals surface area contributed by atoms with Crippen molar-refractivity contribution in [1.82, 2.24) is 9.55 Å². The van der Waals surface area contributed by atoms with Crippen molar-refractivity contribution < 1.29 is 23.1 Å². The number of methoxy groups -OCH3 is 2. The van der Waals surface area contributed by atoms with Crippen LogP contribution < -0.4 is 37.5 Å². The molecule has 0 radical (unpaired) electrons. The molecule has 10 nitrogen and oxygen atoms in total. The van der Waals surface area contributed by atoms with Gasteiger partial charge in [0.2, 0.25) is 11.4 Å². The van der Waals surface area contributed by atoms with E-state index in [1.165, 1.54) is 11.7 Å². The average Bonchev–Trinajstić information content (AvgIpc) is 3.37. The summed E-state index contributed by atoms with van der Waals surface area (Å²) in [7, 11) is 3.08. The van der Waals surface area contributed by atoms with Gasteiger partial charge in [-0.1, -0.05) is 24.3 Å². The van der Waals surface area contributed by atoms with Crippen LogP contribution in [0.15, 0.2) is 62.2 Å². The third kappa shape index (κ3) is 3.32. The average molecular weight is 460 g/mol. The van der Waals surface area contributed by atoms with E-state index >= 15 is 0 Å². The lowest BCUT2D eigenvalue weighted by Crippen LogP contribution is -2.38. The molecule has 4 N–H and O–H groups in total. The van der Waals surface area contributed by atoms with E-state index < -0.39 is 17.5 Å². The Bertz CT molecular complexity index is 1610. The van der Waals surface area contributed by atoms with Crippen LogP contribution in [-0.2, 0) is 4.79 Å². The first kappa shape index (κ1) is 21.1. The number of fused-ring (bicyclic) bond motifs is 3. The molecular weight excluding hydrogens is 440 g/mol. The lowest BCUT2D eigenvalue weighted by atomic mass is 9.86. The molecule has 5 rings (SSSR count). The van der Waals surface area contributed by atoms with Crippen molar-refractivity contribution in [3.05, 3.63) is 86.7 Å². The number of nitrogens with two attached hydrogens (primary N) is 2. The van der Waals surface area contributed by atoms with Crippen LogP contribution in [0.4, 0.5) is 6.01 Å². The van der Waals surface area contributed by atoms with E-state index in [0.29, 0.717) is 28.3 Å². The minimum absolute atomic E-state index is 0.0384. The Morgan fingerprint density at radius 2 is 1.79 bits per heavy atom. The van der Waals surface area contributed by atoms with Crippen molar-refractivity contribution in [1.29, 1.82) is 0 Å². The molecule has 0 saturated carbocycles. The lowest BCUT2D eigenvalue weighted by Gasteiger charge is -2.21. The molecule has 1 aliphatic rings. The van der Waals surface area contributed by atoms with Crippen LogP contribution in [-0.4, -0.2) is 29.7 Å². The summed E-state index contributed by atoms with van der Waals surface area (Å²) in [5.41, 5.74) is 12.6. The number of benzene rings is 2. The number of nitrogen functional groups attached to an aromatic ring is 1. The minimum atomic E-state index is -0.793. The third-order valence-corrected chi connectivity index (χ3v) is 5.58. The quantitative estimate of drug-likeness (QED) is 0.440. The number of amides is 1. The smallest absolute Gasteiger partial charge is 0.362 e. The van der Waals surface area contributed by atoms with Crippen LogP contribution in [0.5, 0.6) is 11.5 Å². The zero-order valence-corrected chi connectivity index (χ0v) is 18.3. The van der Waals surface area contributed by atoms with Gasteiger partial charge in [0.05, 0.1) is 25.7 Å². The maximum Gasteiger partial charge on any atom is 0.362 e. The van der Waals surface area contributed by atoms with Crippen LogP contribution >= 0.6 is 0 Å². The number of carbonyl (C=O) groups excluding carboxylic acids is 1. The zero-order chi connectivity index (χ0) is 24.0. The van der Waals surface area contributed by atoms with E-state index in [4.69, 9.17) is 29.8 Å². The molecule has 172 valence electrons. The Balaban J connectivity index is 1.87. The lowest BCUT2D eigenvalue weighted by molar-refractivity contribution is -0.113. The van der Waals surface area contributed by atoms with Crippen molar-refractivity contribution in [2.75, 3.05) is 20.0 Å². The van der Waals surface area contributed by atoms with E-state index in [-0.39, 0.29) is 28.4 Å². The fourth-order valence-corrected chi connectivity index (χ4v) is 4.12. The van der Waals surface area contributed by atoms with Crippen molar-refractivity contribution in [3.63, 3.8) is 0 Å². The number of nitrogens with zero attached hydrogens (tertiary/aromatic N) is 2. The summed E-state index contributed by atoms with van der Waals surface area (Å²) in [6.45, 7) is 0. The molecule has 4 aromatic rings. The second kappa shape index (κ2) is 8.00. The molecule has 0 fully saturated rings. The number of hydrogen-bond acceptors (Lipinski definition) is 8. The van der Waals surface area contributed by atoms with Gasteiger partial charge in [-0.25, -0.2) is 9.36 Å². The van der Waals surface area contributed by atoms with Gasteiger partial charge in [-0.3, -0.25) is 4.79 Å². The van der Waals surface area contributed by atoms with Crippen molar-refractivity contribution in [2.24, 2.45) is 5.73 Å². The molecule has 1 unspecified atom stereocenters. The zero-order valence-electron chi connectivity index (χ0n) is 18.3. The van der Waals surface area contributed by atoms with Gasteiger partial charge in [-0.05, 0) is 41.5 Å². The van der Waals surface area contributed by atoms with Gasteiger partial charge in [0, 0.05) is 0 Å². The van der Waals surface area contributed by atoms with Gasteiger partial charge < -0.3 is 29.8 Å². The van der Waals surface area contributed by atoms with Crippen molar-refractivity contribution in [3.8, 4) is 17.4 Å². The summed E-state index contributed by atoms with van der Waals surface area (Å²) < 4.78 is 23.2. The number of hydrogen-bond donors (Lipinski definition) is 2. The standard InChI is InChI=1S/C24H20N4O6/c1-31-14-7-3-5-12(9-14)10-16-23(30)33-21-18(20(25)29)17(13-6-4-8-15(11-13)32-2)19-22(28(16)21)34-24(26)27-19/h3-11,17H,1-2H3,(H2,25,29)(H2,26,27)/b16-10-. The van der Waals surface area contributed by atoms with Crippen LogP contribution in [0.25, 0.3) is 17.5 Å². The van der Waals surface area contributed by atoms with Gasteiger partial charge >= 0.3 is 5.63 Å². The van der Waals surface area contributed by atoms with E-state index in [9.17, 15) is 9.59 Å². The molecule has 34 heavy (non-hydrogen) atoms. The molecular formula is C24H20N4O6. The number of carbonyl (C=O) groups is 1. The van der Waals surface area contributed by atoms with E-state index in [2.05, 4.69) is 4.98 Å². The Morgan fingerprint density at radius 3 is 2.50 bits per heavy atom. The summed E-state index contributed by atoms with van der Waals surface area (Å²) in [4.78, 5) is 30.0. The molecule has 0 saturated heterocycles. The van der Waals surface area contributed by atoms with Gasteiger partial charge in [-0.15, -0.1) is 0 Å². The van der Waals surface area contributed by atoms with E-state index in [1.54, 1.807) is 61.7 Å². The topological polar surface area (TPSA) is 149 Å². The molecule has 1 atom stereocenters. The molecule has 0 bridgehead atoms. The Hall–Kier alpha value is -4.73. The highest BCUT2D eigenvalue weighted by atomic mass is 16.5. The van der Waals surface area contributed by atoms with Crippen LogP contribution in [0, 0.1) is 0 Å². The second-order valence-corrected chi connectivity index (χ2v) is 7.57. The number of rotatable bonds is 5. The van der Waals surface area contributed by atoms with E-state index in [0.717, 1.165) is 0 Å². The normalized spacial score (nSPS) is 15.1. The summed E-state index contributed by atoms with van der Waals surface area (Å²) in [5, 5.41) is 0.100. The molecule has 10 heteroatoms. The highest BCUT2D eigenvalue weighted by Crippen LogP contribution is 2.38. The molecule has 3 heterocycles. The Morgan fingerprint density at radius 1 is 1.09 bits per heavy atom. The first-order valence-electron chi connectivity index (χ1n) is 10.2. The monoisotopic (exact) mass is 460 g/mol. The first-order chi connectivity index (χ1) is 16.4. The van der Waals surface area contributed by atoms with Crippen LogP contribution in [0.1, 0.15) is 22.7 Å². The summed E-state index contributed by atoms with van der Waals surface area (Å²) in [6.07, 6.45) is 1.59. The van der Waals surface area contributed by atoms with Crippen molar-refractivity contribution in [2.45, 2.75) is 5.92 Å². The Kier molecular flexibility index (Phi) is 4.97. The molecule has 0 aliphatic carbocycles. The predicted molar refractivity (Wildman–Crippen MR) is 122 cm³/mol. The number of ether oxygens (including phenoxy) is 2. The molecule has 1 aliphatic heterocycles. The number of aromatic nitrogens is 2. The highest BCUT2D eigenvalue weighted by molar-refractivity contribution is 6.15. The van der Waals surface area contributed by atoms with Gasteiger partial charge in [0.25, 0.3) is 11.9 Å². The number of oxazole rings is 2. The summed E-state index contributed by atoms with van der Waals surface area (Å²) in [5.74, 6) is -0.246. The summed E-state index contributed by atoms with van der Waals surface area (Å²) >= 11 is 0. The van der Waals surface area contributed by atoms with Crippen LogP contribution in [0.2, 0.25) is 0 Å². The van der Waals surface area contributed by atoms with Crippen LogP contribution in [0.3, 0.4) is 0 Å². The second-order valence-electron chi connectivity index (χ2n) is 7.57. The van der Waals surface area contributed by atoms with Crippen molar-refractivity contribution >= 4 is 23.6 Å². The largest absolute Gasteiger partial charge is 0.497 e. The SMILES string of the molecule is COc1cccc(/C=c2/c(=O)oc3n2-c2oc(N)nc2C(c2cccc(OC)c2)C=3C(N)=O)c1. The molecule has 1 amide bonds. The summed E-state index contributed by atoms with van der Waals surface area (Å²) in [6, 6.07) is 14.0. The fraction of sp³-hybridized carbons (Fsp3) is 0.125. The molecule has 2 aromatic heterocycles. The van der Waals surface area contributed by atoms with E-state index in [1.807, 2.05) is 0 Å². The predicted octanol–water partition coefficient (Wildman–Crippen LogP) is 0.628. The van der Waals surface area contributed by atoms with Gasteiger partial charge in [0.15, 0.2) is 0 Å². The molecule has 0 spiro atoms. The van der Waals surface area contributed by atoms with Gasteiger partial charge in [-0.2, -0.15) is 4.98 Å². The maximum atomic E-state index is 13.0.